The molecule has 2 aliphatic heterocycles. The van der Waals surface area contributed by atoms with Gasteiger partial charge in [-0.25, -0.2) is 4.79 Å². The van der Waals surface area contributed by atoms with Crippen LogP contribution in [0.2, 0.25) is 0 Å². The summed E-state index contributed by atoms with van der Waals surface area (Å²) in [5.74, 6) is 2.10. The van der Waals surface area contributed by atoms with Gasteiger partial charge in [0.1, 0.15) is 13.2 Å². The number of rotatable bonds is 4. The molecule has 1 atom stereocenters. The molecule has 1 aromatic rings. The number of fused-ring (bicyclic) bond motifs is 1. The number of hydrogen-bond donors (Lipinski definition) is 2. The Bertz CT molecular complexity index is 613. The summed E-state index contributed by atoms with van der Waals surface area (Å²) in [6.45, 7) is 4.02. The quantitative estimate of drug-likeness (QED) is 0.886. The fourth-order valence-corrected chi connectivity index (χ4v) is 3.84. The standard InChI is InChI=1S/C18H24N2O4/c21-17(20-12-14-10-18(14)4-6-22-7-5-18)19-11-13-2-1-3-15-16(13)24-9-8-23-15/h1-3,14H,4-12H2,(H2,19,20,21). The second kappa shape index (κ2) is 6.51. The molecule has 2 heterocycles. The second-order valence-electron chi connectivity index (χ2n) is 6.88. The van der Waals surface area contributed by atoms with Crippen molar-refractivity contribution in [2.45, 2.75) is 25.8 Å². The van der Waals surface area contributed by atoms with E-state index in [1.54, 1.807) is 0 Å². The molecule has 2 N–H and O–H groups in total. The molecule has 0 aromatic heterocycles. The van der Waals surface area contributed by atoms with E-state index in [1.807, 2.05) is 18.2 Å². The van der Waals surface area contributed by atoms with E-state index in [0.29, 0.717) is 31.1 Å². The van der Waals surface area contributed by atoms with Crippen molar-refractivity contribution < 1.29 is 19.0 Å². The van der Waals surface area contributed by atoms with Crippen LogP contribution in [0.3, 0.4) is 0 Å². The number of urea groups is 1. The Balaban J connectivity index is 1.24. The Kier molecular flexibility index (Phi) is 4.22. The largest absolute Gasteiger partial charge is 0.486 e. The van der Waals surface area contributed by atoms with Crippen LogP contribution in [0, 0.1) is 11.3 Å². The number of ether oxygens (including phenoxy) is 3. The maximum absolute atomic E-state index is 12.1. The molecule has 4 rings (SSSR count). The summed E-state index contributed by atoms with van der Waals surface area (Å²) in [6.07, 6.45) is 3.48. The summed E-state index contributed by atoms with van der Waals surface area (Å²) in [6, 6.07) is 5.63. The van der Waals surface area contributed by atoms with E-state index in [0.717, 1.165) is 49.7 Å². The van der Waals surface area contributed by atoms with Crippen LogP contribution in [0.5, 0.6) is 11.5 Å². The lowest BCUT2D eigenvalue weighted by atomic mass is 9.94. The summed E-state index contributed by atoms with van der Waals surface area (Å²) < 4.78 is 16.7. The monoisotopic (exact) mass is 332 g/mol. The molecule has 1 aliphatic carbocycles. The molecule has 130 valence electrons. The molecule has 0 radical (unpaired) electrons. The maximum atomic E-state index is 12.1. The summed E-state index contributed by atoms with van der Waals surface area (Å²) in [4.78, 5) is 12.1. The van der Waals surface area contributed by atoms with Crippen LogP contribution in [0.15, 0.2) is 18.2 Å². The van der Waals surface area contributed by atoms with Crippen LogP contribution in [-0.4, -0.2) is 39.0 Å². The Morgan fingerprint density at radius 3 is 2.83 bits per heavy atom. The summed E-state index contributed by atoms with van der Waals surface area (Å²) in [5, 5.41) is 5.92. The predicted octanol–water partition coefficient (Wildman–Crippen LogP) is 2.07. The van der Waals surface area contributed by atoms with Gasteiger partial charge in [-0.2, -0.15) is 0 Å². The highest BCUT2D eigenvalue weighted by Gasteiger charge is 2.53. The third kappa shape index (κ3) is 3.15. The first-order valence-corrected chi connectivity index (χ1v) is 8.74. The van der Waals surface area contributed by atoms with Gasteiger partial charge in [-0.05, 0) is 36.7 Å². The fraction of sp³-hybridized carbons (Fsp3) is 0.611. The average molecular weight is 332 g/mol. The number of nitrogens with one attached hydrogen (secondary N) is 2. The van der Waals surface area contributed by atoms with E-state index < -0.39 is 0 Å². The van der Waals surface area contributed by atoms with E-state index in [2.05, 4.69) is 10.6 Å². The minimum atomic E-state index is -0.126. The molecule has 6 nitrogen and oxygen atoms in total. The average Bonchev–Trinajstić information content (AvgIpc) is 3.30. The number of benzene rings is 1. The first-order chi connectivity index (χ1) is 11.8. The molecule has 2 amide bonds. The van der Waals surface area contributed by atoms with Crippen LogP contribution in [0.4, 0.5) is 4.79 Å². The lowest BCUT2D eigenvalue weighted by Crippen LogP contribution is -2.37. The molecule has 1 unspecified atom stereocenters. The fourth-order valence-electron chi connectivity index (χ4n) is 3.84. The number of carbonyl (C=O) groups excluding carboxylic acids is 1. The smallest absolute Gasteiger partial charge is 0.315 e. The highest BCUT2D eigenvalue weighted by Crippen LogP contribution is 2.58. The minimum absolute atomic E-state index is 0.126. The molecule has 2 fully saturated rings. The minimum Gasteiger partial charge on any atom is -0.486 e. The molecular weight excluding hydrogens is 308 g/mol. The number of carbonyl (C=O) groups is 1. The molecule has 0 bridgehead atoms. The van der Waals surface area contributed by atoms with Gasteiger partial charge in [0.2, 0.25) is 0 Å². The lowest BCUT2D eigenvalue weighted by Gasteiger charge is -2.23. The van der Waals surface area contributed by atoms with E-state index in [4.69, 9.17) is 14.2 Å². The third-order valence-corrected chi connectivity index (χ3v) is 5.44. The normalized spacial score (nSPS) is 23.6. The van der Waals surface area contributed by atoms with Crippen LogP contribution >= 0.6 is 0 Å². The SMILES string of the molecule is O=C(NCc1cccc2c1OCCO2)NCC1CC12CCOCC2. The highest BCUT2D eigenvalue weighted by molar-refractivity contribution is 5.74. The Hall–Kier alpha value is -1.95. The molecule has 24 heavy (non-hydrogen) atoms. The van der Waals surface area contributed by atoms with Crippen LogP contribution in [0.25, 0.3) is 0 Å². The Morgan fingerprint density at radius 2 is 1.96 bits per heavy atom. The number of amides is 2. The number of para-hydroxylation sites is 1. The van der Waals surface area contributed by atoms with E-state index in [1.165, 1.54) is 6.42 Å². The van der Waals surface area contributed by atoms with Crippen LogP contribution in [0.1, 0.15) is 24.8 Å². The lowest BCUT2D eigenvalue weighted by molar-refractivity contribution is 0.0521. The zero-order valence-corrected chi connectivity index (χ0v) is 13.8. The zero-order valence-electron chi connectivity index (χ0n) is 13.8. The summed E-state index contributed by atoms with van der Waals surface area (Å²) >= 11 is 0. The van der Waals surface area contributed by atoms with Gasteiger partial charge in [0, 0.05) is 31.9 Å². The van der Waals surface area contributed by atoms with Gasteiger partial charge in [-0.3, -0.25) is 0 Å². The van der Waals surface area contributed by atoms with Gasteiger partial charge in [-0.15, -0.1) is 0 Å². The topological polar surface area (TPSA) is 68.8 Å². The van der Waals surface area contributed by atoms with Crippen molar-refractivity contribution in [3.8, 4) is 11.5 Å². The summed E-state index contributed by atoms with van der Waals surface area (Å²) in [5.41, 5.74) is 1.38. The van der Waals surface area contributed by atoms with Crippen molar-refractivity contribution in [2.24, 2.45) is 11.3 Å². The Morgan fingerprint density at radius 1 is 1.12 bits per heavy atom. The van der Waals surface area contributed by atoms with E-state index >= 15 is 0 Å². The van der Waals surface area contributed by atoms with Gasteiger partial charge >= 0.3 is 6.03 Å². The van der Waals surface area contributed by atoms with Crippen molar-refractivity contribution in [1.82, 2.24) is 10.6 Å². The molecular formula is C18H24N2O4. The van der Waals surface area contributed by atoms with Crippen molar-refractivity contribution >= 4 is 6.03 Å². The van der Waals surface area contributed by atoms with Gasteiger partial charge in [0.25, 0.3) is 0 Å². The maximum Gasteiger partial charge on any atom is 0.315 e. The molecule has 1 saturated carbocycles. The van der Waals surface area contributed by atoms with Gasteiger partial charge in [0.05, 0.1) is 0 Å². The van der Waals surface area contributed by atoms with E-state index in [-0.39, 0.29) is 6.03 Å². The first-order valence-electron chi connectivity index (χ1n) is 8.74. The molecule has 3 aliphatic rings. The van der Waals surface area contributed by atoms with Crippen molar-refractivity contribution in [3.63, 3.8) is 0 Å². The molecule has 1 saturated heterocycles. The van der Waals surface area contributed by atoms with Gasteiger partial charge in [-0.1, -0.05) is 12.1 Å². The number of hydrogen-bond acceptors (Lipinski definition) is 4. The predicted molar refractivity (Wildman–Crippen MR) is 88.3 cm³/mol. The van der Waals surface area contributed by atoms with Crippen LogP contribution in [-0.2, 0) is 11.3 Å². The third-order valence-electron chi connectivity index (χ3n) is 5.44. The summed E-state index contributed by atoms with van der Waals surface area (Å²) in [7, 11) is 0. The highest BCUT2D eigenvalue weighted by atomic mass is 16.6. The van der Waals surface area contributed by atoms with Crippen molar-refractivity contribution in [3.05, 3.63) is 23.8 Å². The molecule has 6 heteroatoms. The Labute approximate surface area is 141 Å². The second-order valence-corrected chi connectivity index (χ2v) is 6.88. The van der Waals surface area contributed by atoms with Gasteiger partial charge < -0.3 is 24.8 Å². The zero-order chi connectivity index (χ0) is 16.4. The molecule has 1 spiro atoms. The first kappa shape index (κ1) is 15.6. The van der Waals surface area contributed by atoms with E-state index in [9.17, 15) is 4.79 Å². The molecule has 1 aromatic carbocycles. The van der Waals surface area contributed by atoms with Crippen molar-refractivity contribution in [2.75, 3.05) is 33.0 Å². The van der Waals surface area contributed by atoms with Crippen molar-refractivity contribution in [1.29, 1.82) is 0 Å². The van der Waals surface area contributed by atoms with Crippen LogP contribution < -0.4 is 20.1 Å². The van der Waals surface area contributed by atoms with Gasteiger partial charge in [0.15, 0.2) is 11.5 Å².